The van der Waals surface area contributed by atoms with Crippen molar-refractivity contribution in [2.75, 3.05) is 39.6 Å². The Morgan fingerprint density at radius 1 is 1.07 bits per heavy atom. The number of anilines is 1. The molecule has 0 aliphatic heterocycles. The minimum Gasteiger partial charge on any atom is -0.510 e. The number of imide groups is 1. The molecule has 1 saturated carbocycles. The molecule has 244 valence electrons. The van der Waals surface area contributed by atoms with Crippen LogP contribution in [0.25, 0.3) is 5.76 Å². The predicted molar refractivity (Wildman–Crippen MR) is 168 cm³/mol. The fourth-order valence-electron chi connectivity index (χ4n) is 7.02. The first-order valence-electron chi connectivity index (χ1n) is 15.0. The summed E-state index contributed by atoms with van der Waals surface area (Å²) in [6.45, 7) is 8.40. The average Bonchev–Trinajstić information content (AvgIpc) is 2.89. The molecule has 45 heavy (non-hydrogen) atoms. The van der Waals surface area contributed by atoms with Crippen LogP contribution in [-0.2, 0) is 36.8 Å². The van der Waals surface area contributed by atoms with Gasteiger partial charge in [-0.2, -0.15) is 0 Å². The van der Waals surface area contributed by atoms with Crippen LogP contribution in [0.4, 0.5) is 5.69 Å². The van der Waals surface area contributed by atoms with E-state index in [1.54, 1.807) is 39.2 Å². The van der Waals surface area contributed by atoms with E-state index >= 15 is 0 Å². The van der Waals surface area contributed by atoms with E-state index in [-0.39, 0.29) is 59.6 Å². The summed E-state index contributed by atoms with van der Waals surface area (Å²) >= 11 is 0. The van der Waals surface area contributed by atoms with Gasteiger partial charge in [0.25, 0.3) is 5.91 Å². The topological polar surface area (TPSA) is 177 Å². The Kier molecular flexibility index (Phi) is 8.82. The third-order valence-electron chi connectivity index (χ3n) is 9.19. The van der Waals surface area contributed by atoms with E-state index in [2.05, 4.69) is 5.32 Å². The van der Waals surface area contributed by atoms with E-state index in [1.165, 1.54) is 6.92 Å². The van der Waals surface area contributed by atoms with Crippen LogP contribution in [0.1, 0.15) is 57.7 Å². The number of nitrogens with one attached hydrogen (secondary N) is 2. The molecule has 2 amide bonds. The fourth-order valence-corrected chi connectivity index (χ4v) is 7.02. The summed E-state index contributed by atoms with van der Waals surface area (Å²) in [6, 6.07) is 0.738. The molecule has 4 atom stereocenters. The van der Waals surface area contributed by atoms with E-state index in [9.17, 15) is 39.3 Å². The lowest BCUT2D eigenvalue weighted by molar-refractivity contribution is -0.139. The highest BCUT2D eigenvalue weighted by molar-refractivity contribution is 6.26. The van der Waals surface area contributed by atoms with Crippen molar-refractivity contribution in [2.24, 2.45) is 17.3 Å². The minimum absolute atomic E-state index is 0.0242. The van der Waals surface area contributed by atoms with Gasteiger partial charge in [0.15, 0.2) is 17.3 Å². The second-order valence-corrected chi connectivity index (χ2v) is 14.0. The molecule has 1 aromatic carbocycles. The highest BCUT2D eigenvalue weighted by Gasteiger charge is 2.62. The summed E-state index contributed by atoms with van der Waals surface area (Å²) in [6.07, 6.45) is 0.325. The van der Waals surface area contributed by atoms with Crippen molar-refractivity contribution in [3.8, 4) is 5.75 Å². The third kappa shape index (κ3) is 5.77. The first-order valence-corrected chi connectivity index (χ1v) is 15.0. The van der Waals surface area contributed by atoms with Crippen LogP contribution in [0.15, 0.2) is 23.0 Å². The van der Waals surface area contributed by atoms with Gasteiger partial charge in [-0.3, -0.25) is 34.2 Å². The number of hydrogen-bond acceptors (Lipinski definition) is 11. The van der Waals surface area contributed by atoms with E-state index in [1.807, 2.05) is 31.0 Å². The quantitative estimate of drug-likeness (QED) is 0.280. The number of rotatable bonds is 7. The average molecular weight is 625 g/mol. The molecule has 0 radical (unpaired) electrons. The molecule has 0 saturated heterocycles. The zero-order chi connectivity index (χ0) is 33.9. The van der Waals surface area contributed by atoms with Gasteiger partial charge in [0.05, 0.1) is 23.6 Å². The van der Waals surface area contributed by atoms with Gasteiger partial charge in [0.1, 0.15) is 22.8 Å². The predicted octanol–water partition coefficient (Wildman–Crippen LogP) is 1.98. The molecule has 12 nitrogen and oxygen atoms in total. The van der Waals surface area contributed by atoms with Gasteiger partial charge >= 0.3 is 0 Å². The molecule has 1 fully saturated rings. The maximum Gasteiger partial charge on any atom is 0.264 e. The molecule has 1 aromatic rings. The van der Waals surface area contributed by atoms with Crippen molar-refractivity contribution < 1.29 is 39.3 Å². The lowest BCUT2D eigenvalue weighted by Crippen LogP contribution is -2.61. The lowest BCUT2D eigenvalue weighted by Gasteiger charge is -2.51. The number of carbonyl (C=O) groups is 5. The number of carbonyl (C=O) groups excluding carboxylic acids is 5. The molecular formula is C33H44N4O8. The van der Waals surface area contributed by atoms with Gasteiger partial charge in [0.2, 0.25) is 5.91 Å². The van der Waals surface area contributed by atoms with Crippen LogP contribution in [0, 0.1) is 17.3 Å². The lowest BCUT2D eigenvalue weighted by atomic mass is 9.53. The molecule has 3 aliphatic rings. The Balaban J connectivity index is 1.90. The number of hydrogen-bond donors (Lipinski definition) is 5. The number of phenolic OH excluding ortho intramolecular Hbond substituents is 1. The second kappa shape index (κ2) is 11.7. The number of Topliss-reactive ketones (excluding diaryl/α,β-unsaturated/α-hetero) is 3. The number of allylic oxidation sites excluding steroid dienone is 2. The summed E-state index contributed by atoms with van der Waals surface area (Å²) in [7, 11) is 6.88. The number of aliphatic hydroxyl groups is 2. The van der Waals surface area contributed by atoms with Gasteiger partial charge in [-0.1, -0.05) is 0 Å². The Morgan fingerprint density at radius 2 is 1.69 bits per heavy atom. The van der Waals surface area contributed by atoms with Gasteiger partial charge < -0.3 is 25.5 Å². The number of fused-ring (bicyclic) bond motifs is 3. The molecule has 4 rings (SSSR count). The first kappa shape index (κ1) is 33.9. The number of ketones is 3. The molecular weight excluding hydrogens is 580 g/mol. The van der Waals surface area contributed by atoms with Crippen LogP contribution in [-0.4, -0.2) is 95.7 Å². The molecule has 0 spiro atoms. The van der Waals surface area contributed by atoms with Crippen LogP contribution in [0.5, 0.6) is 5.75 Å². The number of nitrogens with zero attached hydrogens (tertiary/aromatic N) is 2. The molecule has 0 heterocycles. The highest BCUT2D eigenvalue weighted by atomic mass is 16.3. The Hall–Kier alpha value is -4.03. The van der Waals surface area contributed by atoms with Gasteiger partial charge in [-0.15, -0.1) is 0 Å². The zero-order valence-electron chi connectivity index (χ0n) is 27.4. The van der Waals surface area contributed by atoms with E-state index in [0.717, 1.165) is 6.92 Å². The largest absolute Gasteiger partial charge is 0.510 e. The van der Waals surface area contributed by atoms with Gasteiger partial charge in [0, 0.05) is 55.7 Å². The number of aliphatic hydroxyl groups excluding tert-OH is 2. The van der Waals surface area contributed by atoms with E-state index < -0.39 is 63.8 Å². The number of likely N-dealkylation sites (N-methyl/N-ethyl adjacent to an activating group) is 1. The first-order chi connectivity index (χ1) is 20.7. The van der Waals surface area contributed by atoms with Crippen LogP contribution in [0.2, 0.25) is 0 Å². The molecule has 5 N–H and O–H groups in total. The van der Waals surface area contributed by atoms with Gasteiger partial charge in [-0.05, 0) is 72.2 Å². The minimum atomic E-state index is -1.80. The van der Waals surface area contributed by atoms with Crippen molar-refractivity contribution >= 4 is 40.6 Å². The normalized spacial score (nSPS) is 24.7. The summed E-state index contributed by atoms with van der Waals surface area (Å²) < 4.78 is 0. The van der Waals surface area contributed by atoms with Crippen LogP contribution < -0.4 is 15.5 Å². The van der Waals surface area contributed by atoms with Crippen molar-refractivity contribution in [3.05, 3.63) is 39.7 Å². The number of aromatic hydroxyl groups is 1. The molecule has 0 aromatic heterocycles. The van der Waals surface area contributed by atoms with E-state index in [4.69, 9.17) is 0 Å². The summed E-state index contributed by atoms with van der Waals surface area (Å²) in [5.41, 5.74) is -1.20. The van der Waals surface area contributed by atoms with E-state index in [0.29, 0.717) is 11.3 Å². The van der Waals surface area contributed by atoms with Crippen molar-refractivity contribution in [3.63, 3.8) is 0 Å². The number of amides is 2. The number of phenols is 1. The Labute approximate surface area is 263 Å². The second-order valence-electron chi connectivity index (χ2n) is 14.0. The molecule has 0 bridgehead atoms. The fraction of sp³-hybridized carbons (Fsp3) is 0.545. The summed E-state index contributed by atoms with van der Waals surface area (Å²) in [5, 5.41) is 39.9. The van der Waals surface area contributed by atoms with Crippen LogP contribution in [0.3, 0.4) is 0 Å². The Bertz CT molecular complexity index is 1560. The molecule has 3 aliphatic carbocycles. The van der Waals surface area contributed by atoms with Crippen molar-refractivity contribution in [1.29, 1.82) is 0 Å². The van der Waals surface area contributed by atoms with Crippen molar-refractivity contribution in [2.45, 2.75) is 65.5 Å². The monoisotopic (exact) mass is 624 g/mol. The van der Waals surface area contributed by atoms with Gasteiger partial charge in [-0.25, -0.2) is 0 Å². The summed E-state index contributed by atoms with van der Waals surface area (Å²) in [4.78, 5) is 69.1. The maximum atomic E-state index is 14.5. The van der Waals surface area contributed by atoms with Crippen molar-refractivity contribution in [1.82, 2.24) is 15.5 Å². The maximum absolute atomic E-state index is 14.5. The number of benzene rings is 1. The zero-order valence-corrected chi connectivity index (χ0v) is 27.4. The standard InChI is InChI=1S/C33H44N4O8/c1-15(38)35-31(45)24-28(42)25(37(8)9)20-12-16-11-19-21(36(6)7)13-17(10-18(39)14-34-32(2,3)4)26(40)23(19)27(41)22(16)29(43)33(20,5)30(24)44/h13,16,20,25,34,40-41,44H,10-12,14H2,1-9H3,(H,35,38,45)/t16-,20-,25-,33+/m0/s1. The van der Waals surface area contributed by atoms with Crippen LogP contribution >= 0.6 is 0 Å². The third-order valence-corrected chi connectivity index (χ3v) is 9.19. The smallest absolute Gasteiger partial charge is 0.264 e. The Morgan fingerprint density at radius 3 is 2.22 bits per heavy atom. The molecule has 0 unspecified atom stereocenters. The molecule has 12 heteroatoms. The summed E-state index contributed by atoms with van der Waals surface area (Å²) in [5.74, 6) is -6.29. The SMILES string of the molecule is CC(=O)NC(=O)C1=C(O)[C@@]2(C)C(=O)C3=C(O)c4c(O)c(CC(=O)CNC(C)(C)C)cc(N(C)C)c4C[C@H]3C[C@H]2[C@H](N(C)C)C1=O. The highest BCUT2D eigenvalue weighted by Crippen LogP contribution is 2.57.